The number of hydrogen-bond donors (Lipinski definition) is 2. The summed E-state index contributed by atoms with van der Waals surface area (Å²) in [6, 6.07) is 3.45. The molecule has 2 N–H and O–H groups in total. The Hall–Kier alpha value is -1.43. The Bertz CT molecular complexity index is 433. The van der Waals surface area contributed by atoms with E-state index in [2.05, 4.69) is 31.5 Å². The van der Waals surface area contributed by atoms with Crippen molar-refractivity contribution in [3.8, 4) is 0 Å². The first-order valence-corrected chi connectivity index (χ1v) is 6.13. The molecule has 1 aromatic heterocycles. The van der Waals surface area contributed by atoms with E-state index in [0.717, 1.165) is 10.9 Å². The molecule has 0 bridgehead atoms. The van der Waals surface area contributed by atoms with Crippen molar-refractivity contribution in [1.82, 2.24) is 15.6 Å². The van der Waals surface area contributed by atoms with E-state index in [1.807, 2.05) is 0 Å². The second-order valence-electron chi connectivity index (χ2n) is 3.87. The van der Waals surface area contributed by atoms with Gasteiger partial charge in [-0.2, -0.15) is 0 Å². The van der Waals surface area contributed by atoms with Crippen LogP contribution in [0.3, 0.4) is 0 Å². The Kier molecular flexibility index (Phi) is 3.73. The van der Waals surface area contributed by atoms with Gasteiger partial charge in [0.25, 0.3) is 5.91 Å². The highest BCUT2D eigenvalue weighted by atomic mass is 79.9. The highest BCUT2D eigenvalue weighted by Gasteiger charge is 2.21. The Morgan fingerprint density at radius 2 is 2.41 bits per heavy atom. The van der Waals surface area contributed by atoms with Crippen LogP contribution in [-0.4, -0.2) is 29.4 Å². The van der Waals surface area contributed by atoms with E-state index >= 15 is 0 Å². The summed E-state index contributed by atoms with van der Waals surface area (Å²) in [5.74, 6) is -0.176. The van der Waals surface area contributed by atoms with Crippen molar-refractivity contribution in [2.75, 3.05) is 6.54 Å². The Morgan fingerprint density at radius 3 is 3.00 bits per heavy atom. The number of pyridine rings is 1. The lowest BCUT2D eigenvalue weighted by molar-refractivity contribution is -0.119. The second kappa shape index (κ2) is 5.27. The number of aromatic nitrogens is 1. The average molecular weight is 298 g/mol. The minimum atomic E-state index is -0.223. The van der Waals surface area contributed by atoms with Crippen molar-refractivity contribution < 1.29 is 9.59 Å². The zero-order chi connectivity index (χ0) is 12.3. The van der Waals surface area contributed by atoms with E-state index in [0.29, 0.717) is 18.7 Å². The maximum atomic E-state index is 11.7. The predicted molar refractivity (Wildman–Crippen MR) is 65.4 cm³/mol. The highest BCUT2D eigenvalue weighted by Crippen LogP contribution is 2.08. The summed E-state index contributed by atoms with van der Waals surface area (Å²) in [6.07, 6.45) is 2.89. The molecule has 1 aliphatic heterocycles. The minimum absolute atomic E-state index is 0.0434. The number of carbonyl (C=O) groups is 2. The van der Waals surface area contributed by atoms with Crippen LogP contribution >= 0.6 is 15.9 Å². The van der Waals surface area contributed by atoms with Crippen LogP contribution in [0, 0.1) is 0 Å². The number of nitrogens with one attached hydrogen (secondary N) is 2. The molecule has 2 heterocycles. The van der Waals surface area contributed by atoms with Crippen LogP contribution in [0.5, 0.6) is 0 Å². The summed E-state index contributed by atoms with van der Waals surface area (Å²) in [6.45, 7) is 0.447. The largest absolute Gasteiger partial charge is 0.352 e. The lowest BCUT2D eigenvalue weighted by Crippen LogP contribution is -2.38. The van der Waals surface area contributed by atoms with Crippen LogP contribution in [0.15, 0.2) is 22.8 Å². The highest BCUT2D eigenvalue weighted by molar-refractivity contribution is 9.10. The van der Waals surface area contributed by atoms with Crippen LogP contribution < -0.4 is 10.6 Å². The van der Waals surface area contributed by atoms with E-state index in [-0.39, 0.29) is 17.9 Å². The number of hydrogen-bond acceptors (Lipinski definition) is 3. The topological polar surface area (TPSA) is 71.1 Å². The fourth-order valence-electron chi connectivity index (χ4n) is 1.65. The van der Waals surface area contributed by atoms with Crippen LogP contribution in [0.4, 0.5) is 0 Å². The Morgan fingerprint density at radius 1 is 1.59 bits per heavy atom. The predicted octanol–water partition coefficient (Wildman–Crippen LogP) is 0.853. The SMILES string of the molecule is O=C1CCC(CNC(=O)c2ccc(Br)cn2)N1. The minimum Gasteiger partial charge on any atom is -0.352 e. The third kappa shape index (κ3) is 3.26. The number of carbonyl (C=O) groups excluding carboxylic acids is 2. The molecule has 2 rings (SSSR count). The standard InChI is InChI=1S/C11H12BrN3O2/c12-7-1-3-9(13-5-7)11(17)14-6-8-2-4-10(16)15-8/h1,3,5,8H,2,4,6H2,(H,14,17)(H,15,16). The van der Waals surface area contributed by atoms with Crippen molar-refractivity contribution in [3.63, 3.8) is 0 Å². The summed E-state index contributed by atoms with van der Waals surface area (Å²) in [4.78, 5) is 26.6. The summed E-state index contributed by atoms with van der Waals surface area (Å²) in [5.41, 5.74) is 0.373. The molecule has 17 heavy (non-hydrogen) atoms. The molecule has 0 aromatic carbocycles. The smallest absolute Gasteiger partial charge is 0.269 e. The molecule has 1 atom stereocenters. The number of amides is 2. The van der Waals surface area contributed by atoms with Gasteiger partial charge in [-0.15, -0.1) is 0 Å². The molecule has 1 saturated heterocycles. The van der Waals surface area contributed by atoms with E-state index in [4.69, 9.17) is 0 Å². The monoisotopic (exact) mass is 297 g/mol. The third-order valence-electron chi connectivity index (χ3n) is 2.55. The number of halogens is 1. The van der Waals surface area contributed by atoms with E-state index in [1.165, 1.54) is 0 Å². The van der Waals surface area contributed by atoms with Gasteiger partial charge < -0.3 is 10.6 Å². The molecule has 1 fully saturated rings. The zero-order valence-electron chi connectivity index (χ0n) is 9.07. The van der Waals surface area contributed by atoms with Gasteiger partial charge in [-0.1, -0.05) is 0 Å². The fraction of sp³-hybridized carbons (Fsp3) is 0.364. The maximum absolute atomic E-state index is 11.7. The van der Waals surface area contributed by atoms with Gasteiger partial charge in [0.1, 0.15) is 5.69 Å². The van der Waals surface area contributed by atoms with Gasteiger partial charge in [0.05, 0.1) is 0 Å². The molecule has 0 saturated carbocycles. The van der Waals surface area contributed by atoms with Crippen LogP contribution in [0.25, 0.3) is 0 Å². The van der Waals surface area contributed by atoms with Gasteiger partial charge in [0, 0.05) is 29.7 Å². The van der Waals surface area contributed by atoms with Crippen LogP contribution in [-0.2, 0) is 4.79 Å². The molecule has 6 heteroatoms. The van der Waals surface area contributed by atoms with E-state index < -0.39 is 0 Å². The zero-order valence-corrected chi connectivity index (χ0v) is 10.7. The maximum Gasteiger partial charge on any atom is 0.269 e. The van der Waals surface area contributed by atoms with Gasteiger partial charge in [-0.05, 0) is 34.5 Å². The molecule has 5 nitrogen and oxygen atoms in total. The Labute approximate surface area is 107 Å². The quantitative estimate of drug-likeness (QED) is 0.869. The normalized spacial score (nSPS) is 18.9. The van der Waals surface area contributed by atoms with E-state index in [9.17, 15) is 9.59 Å². The first-order valence-electron chi connectivity index (χ1n) is 5.34. The fourth-order valence-corrected chi connectivity index (χ4v) is 1.88. The lowest BCUT2D eigenvalue weighted by atomic mass is 10.2. The summed E-state index contributed by atoms with van der Waals surface area (Å²) >= 11 is 3.25. The van der Waals surface area contributed by atoms with Gasteiger partial charge in [0.2, 0.25) is 5.91 Å². The molecule has 1 aliphatic rings. The van der Waals surface area contributed by atoms with Crippen molar-refractivity contribution >= 4 is 27.7 Å². The molecule has 0 spiro atoms. The second-order valence-corrected chi connectivity index (χ2v) is 4.79. The summed E-state index contributed by atoms with van der Waals surface area (Å²) < 4.78 is 0.831. The summed E-state index contributed by atoms with van der Waals surface area (Å²) in [7, 11) is 0. The Balaban J connectivity index is 1.85. The first kappa shape index (κ1) is 12.0. The lowest BCUT2D eigenvalue weighted by Gasteiger charge is -2.10. The van der Waals surface area contributed by atoms with Crippen LogP contribution in [0.2, 0.25) is 0 Å². The molecular formula is C11H12BrN3O2. The molecule has 0 radical (unpaired) electrons. The van der Waals surface area contributed by atoms with Crippen molar-refractivity contribution in [3.05, 3.63) is 28.5 Å². The van der Waals surface area contributed by atoms with Crippen LogP contribution in [0.1, 0.15) is 23.3 Å². The number of rotatable bonds is 3. The molecule has 1 unspecified atom stereocenters. The van der Waals surface area contributed by atoms with Crippen molar-refractivity contribution in [2.45, 2.75) is 18.9 Å². The molecule has 1 aromatic rings. The van der Waals surface area contributed by atoms with Gasteiger partial charge in [0.15, 0.2) is 0 Å². The molecule has 90 valence electrons. The third-order valence-corrected chi connectivity index (χ3v) is 3.02. The van der Waals surface area contributed by atoms with Gasteiger partial charge >= 0.3 is 0 Å². The first-order chi connectivity index (χ1) is 8.15. The molecular weight excluding hydrogens is 286 g/mol. The van der Waals surface area contributed by atoms with Crippen molar-refractivity contribution in [1.29, 1.82) is 0 Å². The molecule has 0 aliphatic carbocycles. The van der Waals surface area contributed by atoms with Gasteiger partial charge in [-0.3, -0.25) is 9.59 Å². The number of nitrogens with zero attached hydrogens (tertiary/aromatic N) is 1. The van der Waals surface area contributed by atoms with Crippen molar-refractivity contribution in [2.24, 2.45) is 0 Å². The average Bonchev–Trinajstić information content (AvgIpc) is 2.73. The molecule has 2 amide bonds. The summed E-state index contributed by atoms with van der Waals surface area (Å²) in [5, 5.41) is 5.54. The van der Waals surface area contributed by atoms with E-state index in [1.54, 1.807) is 18.3 Å². The van der Waals surface area contributed by atoms with Gasteiger partial charge in [-0.25, -0.2) is 4.98 Å².